The Morgan fingerprint density at radius 2 is 2.00 bits per heavy atom. The summed E-state index contributed by atoms with van der Waals surface area (Å²) in [5.74, 6) is -0.669. The summed E-state index contributed by atoms with van der Waals surface area (Å²) >= 11 is 0. The number of carbonyl (C=O) groups is 1. The highest BCUT2D eigenvalue weighted by molar-refractivity contribution is 5.70. The Balaban J connectivity index is 1.59. The van der Waals surface area contributed by atoms with E-state index < -0.39 is 5.97 Å². The Kier molecular flexibility index (Phi) is 2.31. The molecule has 1 aromatic carbocycles. The van der Waals surface area contributed by atoms with Gasteiger partial charge in [0.25, 0.3) is 0 Å². The maximum Gasteiger partial charge on any atom is 0.304 e. The van der Waals surface area contributed by atoms with Crippen LogP contribution in [0.5, 0.6) is 0 Å². The number of fused-ring (bicyclic) bond motifs is 1. The Morgan fingerprint density at radius 1 is 1.26 bits per heavy atom. The fraction of sp³-hybridized carbons (Fsp3) is 0.562. The molecular weight excluding hydrogens is 238 g/mol. The molecule has 2 saturated carbocycles. The van der Waals surface area contributed by atoms with Gasteiger partial charge in [-0.15, -0.1) is 0 Å². The minimum Gasteiger partial charge on any atom is -0.481 e. The Morgan fingerprint density at radius 3 is 2.63 bits per heavy atom. The van der Waals surface area contributed by atoms with Crippen LogP contribution < -0.4 is 0 Å². The van der Waals surface area contributed by atoms with E-state index >= 15 is 0 Å². The molecule has 1 aromatic rings. The van der Waals surface area contributed by atoms with Crippen molar-refractivity contribution in [2.45, 2.75) is 56.7 Å². The number of carboxylic acid groups (broad SMARTS) is 1. The zero-order valence-corrected chi connectivity index (χ0v) is 11.1. The Hall–Kier alpha value is -1.35. The van der Waals surface area contributed by atoms with E-state index in [0.717, 1.165) is 32.0 Å². The van der Waals surface area contributed by atoms with Gasteiger partial charge in [-0.3, -0.25) is 9.69 Å². The first-order valence-electron chi connectivity index (χ1n) is 7.24. The predicted octanol–water partition coefficient (Wildman–Crippen LogP) is 2.67. The average Bonchev–Trinajstić information content (AvgIpc) is 3.28. The van der Waals surface area contributed by atoms with Crippen LogP contribution in [0.2, 0.25) is 0 Å². The first kappa shape index (κ1) is 11.5. The summed E-state index contributed by atoms with van der Waals surface area (Å²) in [5.41, 5.74) is 4.09. The van der Waals surface area contributed by atoms with Gasteiger partial charge in [0.2, 0.25) is 0 Å². The molecule has 0 radical (unpaired) electrons. The Labute approximate surface area is 113 Å². The minimum absolute atomic E-state index is 0.0478. The molecule has 2 fully saturated rings. The van der Waals surface area contributed by atoms with Crippen molar-refractivity contribution < 1.29 is 9.90 Å². The summed E-state index contributed by atoms with van der Waals surface area (Å²) in [7, 11) is 0. The third-order valence-electron chi connectivity index (χ3n) is 4.97. The minimum atomic E-state index is -0.669. The van der Waals surface area contributed by atoms with Gasteiger partial charge in [0, 0.05) is 24.5 Å². The lowest BCUT2D eigenvalue weighted by Crippen LogP contribution is -2.18. The summed E-state index contributed by atoms with van der Waals surface area (Å²) < 4.78 is 0. The SMILES string of the molecule is O=C(O)CC1(c2ccc3c(c2)CN(C2CC2)C3)CC1. The molecule has 3 nitrogen and oxygen atoms in total. The zero-order chi connectivity index (χ0) is 13.0. The lowest BCUT2D eigenvalue weighted by molar-refractivity contribution is -0.137. The van der Waals surface area contributed by atoms with Crippen molar-refractivity contribution in [1.82, 2.24) is 4.90 Å². The van der Waals surface area contributed by atoms with Crippen LogP contribution in [0.3, 0.4) is 0 Å². The van der Waals surface area contributed by atoms with Crippen LogP contribution in [0.1, 0.15) is 48.8 Å². The van der Waals surface area contributed by atoms with E-state index in [2.05, 4.69) is 23.1 Å². The zero-order valence-electron chi connectivity index (χ0n) is 11.1. The van der Waals surface area contributed by atoms with Crippen LogP contribution in [0.25, 0.3) is 0 Å². The van der Waals surface area contributed by atoms with Crippen LogP contribution in [-0.4, -0.2) is 22.0 Å². The largest absolute Gasteiger partial charge is 0.481 e. The number of hydrogen-bond donors (Lipinski definition) is 1. The normalized spacial score (nSPS) is 24.2. The maximum absolute atomic E-state index is 11.0. The number of aliphatic carboxylic acids is 1. The van der Waals surface area contributed by atoms with E-state index in [1.54, 1.807) is 0 Å². The second kappa shape index (κ2) is 3.83. The molecule has 1 N–H and O–H groups in total. The lowest BCUT2D eigenvalue weighted by Gasteiger charge is -2.14. The number of rotatable bonds is 4. The summed E-state index contributed by atoms with van der Waals surface area (Å²) in [4.78, 5) is 13.6. The maximum atomic E-state index is 11.0. The molecule has 3 aliphatic rings. The average molecular weight is 257 g/mol. The highest BCUT2D eigenvalue weighted by Gasteiger charge is 2.46. The third-order valence-corrected chi connectivity index (χ3v) is 4.97. The van der Waals surface area contributed by atoms with Crippen molar-refractivity contribution in [2.24, 2.45) is 0 Å². The second-order valence-corrected chi connectivity index (χ2v) is 6.47. The van der Waals surface area contributed by atoms with Gasteiger partial charge >= 0.3 is 5.97 Å². The molecule has 2 aliphatic carbocycles. The molecule has 100 valence electrons. The monoisotopic (exact) mass is 257 g/mol. The summed E-state index contributed by atoms with van der Waals surface area (Å²) in [6, 6.07) is 7.50. The van der Waals surface area contributed by atoms with E-state index in [1.807, 2.05) is 0 Å². The molecule has 0 saturated heterocycles. The van der Waals surface area contributed by atoms with E-state index in [9.17, 15) is 4.79 Å². The van der Waals surface area contributed by atoms with Crippen LogP contribution in [0.4, 0.5) is 0 Å². The van der Waals surface area contributed by atoms with Crippen molar-refractivity contribution in [3.63, 3.8) is 0 Å². The standard InChI is InChI=1S/C16H19NO2/c18-15(19)8-16(5-6-16)13-2-1-11-9-17(14-3-4-14)10-12(11)7-13/h1-2,7,14H,3-6,8-10H2,(H,18,19). The molecule has 0 bridgehead atoms. The van der Waals surface area contributed by atoms with Gasteiger partial charge < -0.3 is 5.11 Å². The molecule has 1 aliphatic heterocycles. The first-order valence-corrected chi connectivity index (χ1v) is 7.24. The predicted molar refractivity (Wildman–Crippen MR) is 71.9 cm³/mol. The van der Waals surface area contributed by atoms with Gasteiger partial charge in [-0.05, 0) is 42.4 Å². The fourth-order valence-corrected chi connectivity index (χ4v) is 3.46. The summed E-state index contributed by atoms with van der Waals surface area (Å²) in [6.45, 7) is 2.16. The second-order valence-electron chi connectivity index (χ2n) is 6.47. The molecule has 4 rings (SSSR count). The lowest BCUT2D eigenvalue weighted by atomic mass is 9.90. The number of nitrogens with zero attached hydrogens (tertiary/aromatic N) is 1. The topological polar surface area (TPSA) is 40.5 Å². The molecule has 0 atom stereocenters. The number of benzene rings is 1. The molecule has 0 unspecified atom stereocenters. The van der Waals surface area contributed by atoms with Crippen LogP contribution in [-0.2, 0) is 23.3 Å². The van der Waals surface area contributed by atoms with Crippen molar-refractivity contribution in [2.75, 3.05) is 0 Å². The molecule has 0 spiro atoms. The van der Waals surface area contributed by atoms with Gasteiger partial charge in [0.05, 0.1) is 6.42 Å². The van der Waals surface area contributed by atoms with Crippen molar-refractivity contribution in [3.8, 4) is 0 Å². The third kappa shape index (κ3) is 1.96. The molecule has 3 heteroatoms. The summed E-state index contributed by atoms with van der Waals surface area (Å²) in [6.07, 6.45) is 5.06. The molecule has 1 heterocycles. The van der Waals surface area contributed by atoms with Gasteiger partial charge in [-0.1, -0.05) is 18.2 Å². The van der Waals surface area contributed by atoms with Crippen molar-refractivity contribution in [1.29, 1.82) is 0 Å². The Bertz CT molecular complexity index is 544. The quantitative estimate of drug-likeness (QED) is 0.901. The van der Waals surface area contributed by atoms with Gasteiger partial charge in [-0.2, -0.15) is 0 Å². The van der Waals surface area contributed by atoms with Gasteiger partial charge in [-0.25, -0.2) is 0 Å². The molecule has 0 amide bonds. The highest BCUT2D eigenvalue weighted by Crippen LogP contribution is 2.51. The fourth-order valence-electron chi connectivity index (χ4n) is 3.46. The summed E-state index contributed by atoms with van der Waals surface area (Å²) in [5, 5.41) is 9.06. The van der Waals surface area contributed by atoms with E-state index in [1.165, 1.54) is 29.5 Å². The molecule has 19 heavy (non-hydrogen) atoms. The number of carboxylic acids is 1. The van der Waals surface area contributed by atoms with Crippen LogP contribution >= 0.6 is 0 Å². The number of hydrogen-bond acceptors (Lipinski definition) is 2. The van der Waals surface area contributed by atoms with Gasteiger partial charge in [0.1, 0.15) is 0 Å². The van der Waals surface area contributed by atoms with Crippen molar-refractivity contribution in [3.05, 3.63) is 34.9 Å². The van der Waals surface area contributed by atoms with Crippen LogP contribution in [0, 0.1) is 0 Å². The van der Waals surface area contributed by atoms with Crippen LogP contribution in [0.15, 0.2) is 18.2 Å². The molecule has 0 aromatic heterocycles. The highest BCUT2D eigenvalue weighted by atomic mass is 16.4. The smallest absolute Gasteiger partial charge is 0.304 e. The van der Waals surface area contributed by atoms with E-state index in [-0.39, 0.29) is 11.8 Å². The molecular formula is C16H19NO2. The van der Waals surface area contributed by atoms with E-state index in [4.69, 9.17) is 5.11 Å². The van der Waals surface area contributed by atoms with E-state index in [0.29, 0.717) is 0 Å². The van der Waals surface area contributed by atoms with Crippen molar-refractivity contribution >= 4 is 5.97 Å². The van der Waals surface area contributed by atoms with Gasteiger partial charge in [0.15, 0.2) is 0 Å². The first-order chi connectivity index (χ1) is 9.16.